The highest BCUT2D eigenvalue weighted by Gasteiger charge is 2.26. The SMILES string of the molecule is CC(NC1CCCCC1N)SP(=O)(O)O. The zero-order valence-corrected chi connectivity index (χ0v) is 10.5. The van der Waals surface area contributed by atoms with E-state index in [2.05, 4.69) is 5.32 Å². The van der Waals surface area contributed by atoms with Gasteiger partial charge in [0.05, 0.1) is 5.37 Å². The minimum absolute atomic E-state index is 0.110. The Labute approximate surface area is 94.1 Å². The van der Waals surface area contributed by atoms with Crippen LogP contribution in [0.2, 0.25) is 0 Å². The third-order valence-electron chi connectivity index (χ3n) is 2.56. The van der Waals surface area contributed by atoms with Crippen molar-refractivity contribution in [1.82, 2.24) is 5.32 Å². The monoisotopic (exact) mass is 254 g/mol. The molecule has 7 heteroatoms. The van der Waals surface area contributed by atoms with Gasteiger partial charge in [0.2, 0.25) is 0 Å². The molecule has 1 fully saturated rings. The molecule has 5 nitrogen and oxygen atoms in total. The van der Waals surface area contributed by atoms with Gasteiger partial charge >= 0.3 is 6.80 Å². The van der Waals surface area contributed by atoms with E-state index >= 15 is 0 Å². The maximum atomic E-state index is 10.8. The van der Waals surface area contributed by atoms with Crippen LogP contribution in [0.4, 0.5) is 0 Å². The maximum absolute atomic E-state index is 10.8. The molecule has 0 saturated heterocycles. The summed E-state index contributed by atoms with van der Waals surface area (Å²) in [7, 11) is 0. The number of rotatable bonds is 4. The molecule has 15 heavy (non-hydrogen) atoms. The minimum atomic E-state index is -4.00. The highest BCUT2D eigenvalue weighted by Crippen LogP contribution is 2.52. The fraction of sp³-hybridized carbons (Fsp3) is 1.00. The van der Waals surface area contributed by atoms with Crippen LogP contribution in [-0.4, -0.2) is 27.2 Å². The van der Waals surface area contributed by atoms with Gasteiger partial charge < -0.3 is 20.8 Å². The van der Waals surface area contributed by atoms with Gasteiger partial charge in [-0.3, -0.25) is 0 Å². The lowest BCUT2D eigenvalue weighted by Gasteiger charge is -2.31. The second-order valence-electron chi connectivity index (χ2n) is 3.96. The van der Waals surface area contributed by atoms with Gasteiger partial charge in [-0.05, 0) is 31.1 Å². The predicted molar refractivity (Wildman–Crippen MR) is 62.5 cm³/mol. The summed E-state index contributed by atoms with van der Waals surface area (Å²) < 4.78 is 10.8. The third-order valence-corrected chi connectivity index (χ3v) is 5.06. The summed E-state index contributed by atoms with van der Waals surface area (Å²) in [6, 6.07) is 0.298. The summed E-state index contributed by atoms with van der Waals surface area (Å²) >= 11 is 0.652. The molecule has 1 saturated carbocycles. The lowest BCUT2D eigenvalue weighted by atomic mass is 9.91. The van der Waals surface area contributed by atoms with E-state index < -0.39 is 6.80 Å². The van der Waals surface area contributed by atoms with Crippen molar-refractivity contribution in [3.8, 4) is 0 Å². The van der Waals surface area contributed by atoms with Crippen molar-refractivity contribution in [3.63, 3.8) is 0 Å². The molecule has 90 valence electrons. The summed E-state index contributed by atoms with van der Waals surface area (Å²) in [5.74, 6) is 0. The molecule has 3 atom stereocenters. The van der Waals surface area contributed by atoms with E-state index in [-0.39, 0.29) is 17.5 Å². The Morgan fingerprint density at radius 1 is 1.47 bits per heavy atom. The van der Waals surface area contributed by atoms with Crippen LogP contribution in [0.25, 0.3) is 0 Å². The van der Waals surface area contributed by atoms with Gasteiger partial charge in [0.25, 0.3) is 0 Å². The summed E-state index contributed by atoms with van der Waals surface area (Å²) in [5.41, 5.74) is 5.93. The van der Waals surface area contributed by atoms with Crippen molar-refractivity contribution in [2.45, 2.75) is 50.1 Å². The first-order valence-electron chi connectivity index (χ1n) is 5.14. The first-order valence-corrected chi connectivity index (χ1v) is 8.24. The van der Waals surface area contributed by atoms with E-state index in [1.165, 1.54) is 0 Å². The number of hydrogen-bond donors (Lipinski definition) is 4. The van der Waals surface area contributed by atoms with Crippen LogP contribution in [0.1, 0.15) is 32.6 Å². The van der Waals surface area contributed by atoms with Crippen molar-refractivity contribution in [2.75, 3.05) is 0 Å². The van der Waals surface area contributed by atoms with Crippen LogP contribution in [0.15, 0.2) is 0 Å². The van der Waals surface area contributed by atoms with E-state index in [1.54, 1.807) is 6.92 Å². The van der Waals surface area contributed by atoms with Crippen molar-refractivity contribution in [1.29, 1.82) is 0 Å². The number of hydrogen-bond acceptors (Lipinski definition) is 4. The molecule has 0 radical (unpaired) electrons. The van der Waals surface area contributed by atoms with Crippen molar-refractivity contribution >= 4 is 18.2 Å². The second kappa shape index (κ2) is 5.66. The molecule has 0 aromatic rings. The quantitative estimate of drug-likeness (QED) is 0.442. The van der Waals surface area contributed by atoms with E-state index in [1.807, 2.05) is 0 Å². The fourth-order valence-electron chi connectivity index (χ4n) is 1.90. The van der Waals surface area contributed by atoms with Gasteiger partial charge in [0.1, 0.15) is 0 Å². The lowest BCUT2D eigenvalue weighted by molar-refractivity contribution is 0.326. The molecule has 0 aromatic heterocycles. The molecule has 1 rings (SSSR count). The molecule has 5 N–H and O–H groups in total. The largest absolute Gasteiger partial charge is 0.385 e. The average molecular weight is 254 g/mol. The minimum Gasteiger partial charge on any atom is -0.326 e. The Hall–Kier alpha value is 0.420. The zero-order valence-electron chi connectivity index (χ0n) is 8.80. The van der Waals surface area contributed by atoms with Gasteiger partial charge in [-0.25, -0.2) is 4.57 Å². The van der Waals surface area contributed by atoms with Gasteiger partial charge in [0.15, 0.2) is 0 Å². The Bertz CT molecular complexity index is 248. The van der Waals surface area contributed by atoms with E-state index in [4.69, 9.17) is 15.5 Å². The third kappa shape index (κ3) is 5.33. The van der Waals surface area contributed by atoms with Crippen LogP contribution in [-0.2, 0) is 4.57 Å². The summed E-state index contributed by atoms with van der Waals surface area (Å²) in [6.45, 7) is -2.24. The molecule has 0 aliphatic heterocycles. The van der Waals surface area contributed by atoms with Gasteiger partial charge in [-0.1, -0.05) is 12.8 Å². The van der Waals surface area contributed by atoms with Gasteiger partial charge in [0, 0.05) is 12.1 Å². The molecular formula is C8H19N2O3PS. The maximum Gasteiger partial charge on any atom is 0.385 e. The molecule has 3 unspecified atom stereocenters. The van der Waals surface area contributed by atoms with E-state index in [9.17, 15) is 4.57 Å². The van der Waals surface area contributed by atoms with Crippen molar-refractivity contribution in [3.05, 3.63) is 0 Å². The highest BCUT2D eigenvalue weighted by molar-refractivity contribution is 8.54. The molecule has 0 aromatic carbocycles. The first-order chi connectivity index (χ1) is 6.88. The number of nitrogens with two attached hydrogens (primary N) is 1. The van der Waals surface area contributed by atoms with Crippen molar-refractivity contribution < 1.29 is 14.4 Å². The van der Waals surface area contributed by atoms with Crippen LogP contribution < -0.4 is 11.1 Å². The molecule has 0 heterocycles. The van der Waals surface area contributed by atoms with E-state index in [0.29, 0.717) is 11.4 Å². The normalized spacial score (nSPS) is 30.1. The van der Waals surface area contributed by atoms with Crippen LogP contribution in [0.5, 0.6) is 0 Å². The van der Waals surface area contributed by atoms with Crippen LogP contribution >= 0.6 is 18.2 Å². The standard InChI is InChI=1S/C8H19N2O3PS/c1-6(15-14(11,12)13)10-8-5-3-2-4-7(8)9/h6-8,10H,2-5,9H2,1H3,(H2,11,12,13). The molecular weight excluding hydrogens is 235 g/mol. The van der Waals surface area contributed by atoms with E-state index in [0.717, 1.165) is 25.7 Å². The Balaban J connectivity index is 2.36. The summed E-state index contributed by atoms with van der Waals surface area (Å²) in [5, 5.41) is 2.91. The topological polar surface area (TPSA) is 95.6 Å². The predicted octanol–water partition coefficient (Wildman–Crippen LogP) is 1.02. The highest BCUT2D eigenvalue weighted by atomic mass is 32.7. The fourth-order valence-corrected chi connectivity index (χ4v) is 3.97. The Morgan fingerprint density at radius 3 is 2.60 bits per heavy atom. The zero-order chi connectivity index (χ0) is 11.5. The molecule has 0 spiro atoms. The first kappa shape index (κ1) is 13.5. The Morgan fingerprint density at radius 2 is 2.07 bits per heavy atom. The van der Waals surface area contributed by atoms with Gasteiger partial charge in [-0.2, -0.15) is 0 Å². The molecule has 0 amide bonds. The molecule has 0 bridgehead atoms. The van der Waals surface area contributed by atoms with Gasteiger partial charge in [-0.15, -0.1) is 0 Å². The lowest BCUT2D eigenvalue weighted by Crippen LogP contribution is -2.49. The molecule has 1 aliphatic carbocycles. The van der Waals surface area contributed by atoms with Crippen LogP contribution in [0.3, 0.4) is 0 Å². The number of nitrogens with one attached hydrogen (secondary N) is 1. The summed E-state index contributed by atoms with van der Waals surface area (Å²) in [6.07, 6.45) is 4.27. The van der Waals surface area contributed by atoms with Crippen LogP contribution in [0, 0.1) is 0 Å². The summed E-state index contributed by atoms with van der Waals surface area (Å²) in [4.78, 5) is 17.6. The molecule has 1 aliphatic rings. The average Bonchev–Trinajstić information content (AvgIpc) is 2.05. The van der Waals surface area contributed by atoms with Crippen molar-refractivity contribution in [2.24, 2.45) is 5.73 Å². The smallest absolute Gasteiger partial charge is 0.326 e. The Kier molecular flexibility index (Phi) is 5.09. The second-order valence-corrected chi connectivity index (χ2v) is 7.92.